The highest BCUT2D eigenvalue weighted by Gasteiger charge is 2.12. The lowest BCUT2D eigenvalue weighted by molar-refractivity contribution is 0.0679. The molecule has 20 heavy (non-hydrogen) atoms. The second-order valence-electron chi connectivity index (χ2n) is 5.06. The van der Waals surface area contributed by atoms with Crippen LogP contribution in [0, 0.1) is 5.92 Å². The average Bonchev–Trinajstić information content (AvgIpc) is 2.86. The lowest BCUT2D eigenvalue weighted by atomic mass is 10.0. The molecule has 108 valence electrons. The van der Waals surface area contributed by atoms with Gasteiger partial charge >= 0.3 is 0 Å². The number of ether oxygens (including phenoxy) is 1. The Morgan fingerprint density at radius 3 is 2.85 bits per heavy atom. The highest BCUT2D eigenvalue weighted by atomic mass is 16.5. The summed E-state index contributed by atoms with van der Waals surface area (Å²) in [6, 6.07) is 5.51. The molecule has 0 amide bonds. The number of hydrogen-bond acceptors (Lipinski definition) is 5. The van der Waals surface area contributed by atoms with Gasteiger partial charge in [0.2, 0.25) is 5.82 Å². The molecule has 0 unspecified atom stereocenters. The van der Waals surface area contributed by atoms with E-state index in [-0.39, 0.29) is 12.5 Å². The first-order valence-corrected chi connectivity index (χ1v) is 6.78. The summed E-state index contributed by atoms with van der Waals surface area (Å²) in [7, 11) is 0. The molecule has 0 fully saturated rings. The molecule has 0 atom stereocenters. The fraction of sp³-hybridized carbons (Fsp3) is 0.500. The van der Waals surface area contributed by atoms with Crippen molar-refractivity contribution in [1.29, 1.82) is 0 Å². The molecule has 0 aliphatic carbocycles. The van der Waals surface area contributed by atoms with Gasteiger partial charge in [-0.2, -0.15) is 0 Å². The number of aromatic hydroxyl groups is 1. The Morgan fingerprint density at radius 2 is 2.15 bits per heavy atom. The molecule has 2 rings (SSSR count). The smallest absolute Gasteiger partial charge is 0.208 e. The standard InChI is InChI=1S/C14H20N4O2/c1-4-20-9-18-16-14(15-17-18)12-8-11(7-10(2)3)5-6-13(12)19/h5-6,8,10,19H,4,7,9H2,1-3H3. The zero-order valence-corrected chi connectivity index (χ0v) is 12.1. The Labute approximate surface area is 118 Å². The molecule has 6 heteroatoms. The predicted octanol–water partition coefficient (Wildman–Crippen LogP) is 2.24. The second kappa shape index (κ2) is 6.47. The molecule has 0 spiro atoms. The zero-order valence-electron chi connectivity index (χ0n) is 12.1. The minimum absolute atomic E-state index is 0.161. The van der Waals surface area contributed by atoms with Crippen LogP contribution in [0.15, 0.2) is 18.2 Å². The van der Waals surface area contributed by atoms with E-state index in [1.54, 1.807) is 6.07 Å². The Morgan fingerprint density at radius 1 is 1.35 bits per heavy atom. The van der Waals surface area contributed by atoms with Crippen molar-refractivity contribution in [2.75, 3.05) is 6.61 Å². The molecule has 0 bridgehead atoms. The van der Waals surface area contributed by atoms with Gasteiger partial charge in [0.1, 0.15) is 5.75 Å². The first-order valence-electron chi connectivity index (χ1n) is 6.78. The van der Waals surface area contributed by atoms with Crippen LogP contribution in [0.3, 0.4) is 0 Å². The zero-order chi connectivity index (χ0) is 14.5. The van der Waals surface area contributed by atoms with Gasteiger partial charge in [-0.25, -0.2) is 0 Å². The predicted molar refractivity (Wildman–Crippen MR) is 75.1 cm³/mol. The van der Waals surface area contributed by atoms with Crippen LogP contribution in [0.2, 0.25) is 0 Å². The van der Waals surface area contributed by atoms with Gasteiger partial charge < -0.3 is 9.84 Å². The van der Waals surface area contributed by atoms with Crippen molar-refractivity contribution >= 4 is 0 Å². The van der Waals surface area contributed by atoms with E-state index in [4.69, 9.17) is 4.74 Å². The highest BCUT2D eigenvalue weighted by molar-refractivity contribution is 5.63. The molecule has 0 aliphatic rings. The van der Waals surface area contributed by atoms with Crippen LogP contribution in [-0.4, -0.2) is 31.9 Å². The minimum atomic E-state index is 0.161. The van der Waals surface area contributed by atoms with Crippen molar-refractivity contribution in [3.8, 4) is 17.1 Å². The van der Waals surface area contributed by atoms with Gasteiger partial charge in [-0.1, -0.05) is 19.9 Å². The van der Waals surface area contributed by atoms with E-state index in [1.165, 1.54) is 4.80 Å². The van der Waals surface area contributed by atoms with E-state index in [0.717, 1.165) is 12.0 Å². The van der Waals surface area contributed by atoms with E-state index < -0.39 is 0 Å². The Bertz CT molecular complexity index is 566. The van der Waals surface area contributed by atoms with Gasteiger partial charge in [0.05, 0.1) is 5.56 Å². The molecule has 1 aromatic carbocycles. The van der Waals surface area contributed by atoms with E-state index in [9.17, 15) is 5.11 Å². The Hall–Kier alpha value is -1.95. The van der Waals surface area contributed by atoms with Crippen LogP contribution < -0.4 is 0 Å². The minimum Gasteiger partial charge on any atom is -0.507 e. The maximum atomic E-state index is 9.96. The number of phenols is 1. The van der Waals surface area contributed by atoms with E-state index in [2.05, 4.69) is 29.3 Å². The van der Waals surface area contributed by atoms with E-state index >= 15 is 0 Å². The third kappa shape index (κ3) is 3.54. The van der Waals surface area contributed by atoms with Crippen LogP contribution >= 0.6 is 0 Å². The summed E-state index contributed by atoms with van der Waals surface area (Å²) >= 11 is 0. The van der Waals surface area contributed by atoms with Gasteiger partial charge in [0.25, 0.3) is 0 Å². The summed E-state index contributed by atoms with van der Waals surface area (Å²) in [6.45, 7) is 7.06. The molecule has 0 saturated heterocycles. The largest absolute Gasteiger partial charge is 0.507 e. The second-order valence-corrected chi connectivity index (χ2v) is 5.06. The van der Waals surface area contributed by atoms with E-state index in [1.807, 2.05) is 19.1 Å². The Balaban J connectivity index is 2.24. The van der Waals surface area contributed by atoms with Crippen molar-refractivity contribution in [1.82, 2.24) is 20.2 Å². The first kappa shape index (κ1) is 14.5. The fourth-order valence-electron chi connectivity index (χ4n) is 1.94. The summed E-state index contributed by atoms with van der Waals surface area (Å²) in [5.41, 5.74) is 1.75. The number of nitrogens with zero attached hydrogens (tertiary/aromatic N) is 4. The average molecular weight is 276 g/mol. The number of hydrogen-bond donors (Lipinski definition) is 1. The number of tetrazole rings is 1. The summed E-state index contributed by atoms with van der Waals surface area (Å²) in [5, 5.41) is 22.0. The van der Waals surface area contributed by atoms with Crippen molar-refractivity contribution in [2.45, 2.75) is 33.9 Å². The summed E-state index contributed by atoms with van der Waals surface area (Å²) in [6.07, 6.45) is 0.945. The van der Waals surface area contributed by atoms with Crippen LogP contribution in [0.25, 0.3) is 11.4 Å². The quantitative estimate of drug-likeness (QED) is 0.876. The lowest BCUT2D eigenvalue weighted by Crippen LogP contribution is -2.05. The summed E-state index contributed by atoms with van der Waals surface area (Å²) in [4.78, 5) is 1.37. The highest BCUT2D eigenvalue weighted by Crippen LogP contribution is 2.27. The van der Waals surface area contributed by atoms with Crippen molar-refractivity contribution < 1.29 is 9.84 Å². The molecular weight excluding hydrogens is 256 g/mol. The monoisotopic (exact) mass is 276 g/mol. The van der Waals surface area contributed by atoms with E-state index in [0.29, 0.717) is 23.9 Å². The van der Waals surface area contributed by atoms with Gasteiger partial charge in [0, 0.05) is 6.61 Å². The molecular formula is C14H20N4O2. The third-order valence-electron chi connectivity index (χ3n) is 2.81. The number of phenolic OH excluding ortho intramolecular Hbond substituents is 1. The van der Waals surface area contributed by atoms with Crippen LogP contribution in [0.4, 0.5) is 0 Å². The maximum Gasteiger partial charge on any atom is 0.208 e. The molecule has 1 N–H and O–H groups in total. The molecule has 0 aliphatic heterocycles. The molecule has 6 nitrogen and oxygen atoms in total. The third-order valence-corrected chi connectivity index (χ3v) is 2.81. The summed E-state index contributed by atoms with van der Waals surface area (Å²) < 4.78 is 5.21. The van der Waals surface area contributed by atoms with Gasteiger partial charge in [-0.15, -0.1) is 15.0 Å². The van der Waals surface area contributed by atoms with Crippen LogP contribution in [0.5, 0.6) is 5.75 Å². The normalized spacial score (nSPS) is 11.2. The van der Waals surface area contributed by atoms with Crippen molar-refractivity contribution in [2.24, 2.45) is 5.92 Å². The van der Waals surface area contributed by atoms with Crippen LogP contribution in [-0.2, 0) is 17.9 Å². The van der Waals surface area contributed by atoms with Crippen molar-refractivity contribution in [3.05, 3.63) is 23.8 Å². The number of aromatic nitrogens is 4. The van der Waals surface area contributed by atoms with Crippen LogP contribution in [0.1, 0.15) is 26.3 Å². The number of rotatable bonds is 6. The van der Waals surface area contributed by atoms with Crippen molar-refractivity contribution in [3.63, 3.8) is 0 Å². The molecule has 0 radical (unpaired) electrons. The fourth-order valence-corrected chi connectivity index (χ4v) is 1.94. The molecule has 2 aromatic rings. The lowest BCUT2D eigenvalue weighted by Gasteiger charge is -2.07. The molecule has 1 aromatic heterocycles. The topological polar surface area (TPSA) is 73.1 Å². The maximum absolute atomic E-state index is 9.96. The molecule has 0 saturated carbocycles. The summed E-state index contributed by atoms with van der Waals surface area (Å²) in [5.74, 6) is 1.12. The molecule has 1 heterocycles. The van der Waals surface area contributed by atoms with Gasteiger partial charge in [-0.05, 0) is 42.2 Å². The van der Waals surface area contributed by atoms with Gasteiger partial charge in [0.15, 0.2) is 6.73 Å². The Kier molecular flexibility index (Phi) is 4.68. The SMILES string of the molecule is CCOCn1nnc(-c2cc(CC(C)C)ccc2O)n1. The van der Waals surface area contributed by atoms with Gasteiger partial charge in [-0.3, -0.25) is 0 Å². The number of benzene rings is 1. The first-order chi connectivity index (χ1) is 9.60.